The molecule has 1 saturated carbocycles. The lowest BCUT2D eigenvalue weighted by Crippen LogP contribution is -2.62. The number of amides is 2. The van der Waals surface area contributed by atoms with Crippen molar-refractivity contribution in [1.82, 2.24) is 25.8 Å². The fraction of sp³-hybridized carbons (Fsp3) is 0.724. The number of benzene rings is 1. The maximum Gasteiger partial charge on any atom is 0.242 e. The van der Waals surface area contributed by atoms with Crippen molar-refractivity contribution in [2.24, 2.45) is 5.41 Å². The van der Waals surface area contributed by atoms with Crippen LogP contribution in [-0.2, 0) is 19.4 Å². The van der Waals surface area contributed by atoms with Crippen molar-refractivity contribution in [3.63, 3.8) is 0 Å². The molecule has 11 nitrogen and oxygen atoms in total. The number of ether oxygens (including phenoxy) is 1. The number of β-amino-alcohol motifs (C(OH)–C–C–N with tert-alkyl or cyclic N) is 1. The van der Waals surface area contributed by atoms with Gasteiger partial charge in [-0.2, -0.15) is 5.12 Å². The van der Waals surface area contributed by atoms with Crippen LogP contribution in [0.4, 0.5) is 0 Å². The van der Waals surface area contributed by atoms with Crippen LogP contribution in [0.25, 0.3) is 0 Å². The molecule has 0 spiro atoms. The third-order valence-corrected chi connectivity index (χ3v) is 9.43. The van der Waals surface area contributed by atoms with E-state index in [0.717, 1.165) is 25.7 Å². The van der Waals surface area contributed by atoms with Gasteiger partial charge in [-0.25, -0.2) is 18.9 Å². The van der Waals surface area contributed by atoms with E-state index in [4.69, 9.17) is 4.74 Å². The molecule has 0 aromatic heterocycles. The van der Waals surface area contributed by atoms with Crippen LogP contribution in [0.15, 0.2) is 29.2 Å². The van der Waals surface area contributed by atoms with Crippen molar-refractivity contribution in [3.8, 4) is 5.75 Å². The highest BCUT2D eigenvalue weighted by Crippen LogP contribution is 2.34. The second kappa shape index (κ2) is 12.9. The highest BCUT2D eigenvalue weighted by molar-refractivity contribution is 7.90. The molecule has 4 atom stereocenters. The topological polar surface area (TPSA) is 132 Å². The summed E-state index contributed by atoms with van der Waals surface area (Å²) in [5.74, 6) is 0.0212. The van der Waals surface area contributed by atoms with E-state index in [1.54, 1.807) is 30.1 Å². The smallest absolute Gasteiger partial charge is 0.242 e. The van der Waals surface area contributed by atoms with Gasteiger partial charge < -0.3 is 20.1 Å². The molecule has 12 heteroatoms. The zero-order valence-corrected chi connectivity index (χ0v) is 25.8. The van der Waals surface area contributed by atoms with Gasteiger partial charge in [-0.1, -0.05) is 52.5 Å². The predicted octanol–water partition coefficient (Wildman–Crippen LogP) is 1.72. The normalized spacial score (nSPS) is 26.1. The Balaban J connectivity index is 1.60. The van der Waals surface area contributed by atoms with Gasteiger partial charge in [0, 0.05) is 38.9 Å². The minimum atomic E-state index is -3.36. The Morgan fingerprint density at radius 2 is 1.83 bits per heavy atom. The molecule has 2 heterocycles. The van der Waals surface area contributed by atoms with E-state index >= 15 is 0 Å². The molecule has 3 fully saturated rings. The molecular weight excluding hydrogens is 546 g/mol. The number of likely N-dealkylation sites (tertiary alicyclic amines) is 1. The number of aliphatic hydroxyl groups excluding tert-OH is 1. The molecule has 2 saturated heterocycles. The van der Waals surface area contributed by atoms with Gasteiger partial charge in [-0.3, -0.25) is 9.59 Å². The lowest BCUT2D eigenvalue weighted by atomic mass is 9.85. The van der Waals surface area contributed by atoms with Crippen LogP contribution in [0.3, 0.4) is 0 Å². The SMILES string of the molecule is CNC(=O)[C@@H]1C[C@@H](O)CN1C(=O)[C@@H](N1CC(COc2cccc(S(C)(=O)=O)c2)NN1C1CCCCCC1)C(C)(C)C. The largest absolute Gasteiger partial charge is 0.492 e. The number of hydrogen-bond donors (Lipinski definition) is 3. The summed E-state index contributed by atoms with van der Waals surface area (Å²) in [5.41, 5.74) is 3.14. The Morgan fingerprint density at radius 1 is 1.15 bits per heavy atom. The summed E-state index contributed by atoms with van der Waals surface area (Å²) in [6.07, 6.45) is 7.25. The van der Waals surface area contributed by atoms with E-state index in [-0.39, 0.29) is 48.4 Å². The molecule has 1 aromatic carbocycles. The Kier molecular flexibility index (Phi) is 10.0. The highest BCUT2D eigenvalue weighted by Gasteiger charge is 2.50. The molecule has 2 amide bonds. The summed E-state index contributed by atoms with van der Waals surface area (Å²) in [6, 6.07) is 5.23. The number of nitrogens with one attached hydrogen (secondary N) is 2. The molecule has 2 aliphatic heterocycles. The fourth-order valence-corrected chi connectivity index (χ4v) is 6.98. The molecule has 0 bridgehead atoms. The highest BCUT2D eigenvalue weighted by atomic mass is 32.2. The van der Waals surface area contributed by atoms with E-state index in [1.165, 1.54) is 25.2 Å². The summed E-state index contributed by atoms with van der Waals surface area (Å²) in [4.78, 5) is 28.7. The monoisotopic (exact) mass is 593 g/mol. The van der Waals surface area contributed by atoms with Crippen LogP contribution in [0.5, 0.6) is 5.75 Å². The van der Waals surface area contributed by atoms with Crippen molar-refractivity contribution in [2.75, 3.05) is 33.0 Å². The second-order valence-electron chi connectivity index (χ2n) is 12.8. The molecule has 41 heavy (non-hydrogen) atoms. The average molecular weight is 594 g/mol. The van der Waals surface area contributed by atoms with Crippen molar-refractivity contribution >= 4 is 21.7 Å². The van der Waals surface area contributed by atoms with Gasteiger partial charge in [0.15, 0.2) is 9.84 Å². The van der Waals surface area contributed by atoms with E-state index in [2.05, 4.69) is 20.9 Å². The van der Waals surface area contributed by atoms with Crippen LogP contribution in [0, 0.1) is 5.41 Å². The number of sulfone groups is 1. The van der Waals surface area contributed by atoms with Crippen molar-refractivity contribution < 1.29 is 27.9 Å². The molecule has 3 aliphatic rings. The van der Waals surface area contributed by atoms with E-state index in [9.17, 15) is 23.1 Å². The zero-order valence-electron chi connectivity index (χ0n) is 25.0. The number of hydrazine groups is 2. The maximum atomic E-state index is 14.3. The minimum absolute atomic E-state index is 0.122. The Hall–Kier alpha value is -2.25. The van der Waals surface area contributed by atoms with Crippen LogP contribution >= 0.6 is 0 Å². The third kappa shape index (κ3) is 7.59. The second-order valence-corrected chi connectivity index (χ2v) is 14.8. The summed E-state index contributed by atoms with van der Waals surface area (Å²) in [5, 5.41) is 17.3. The summed E-state index contributed by atoms with van der Waals surface area (Å²) in [7, 11) is -1.81. The minimum Gasteiger partial charge on any atom is -0.492 e. The Bertz CT molecular complexity index is 1180. The van der Waals surface area contributed by atoms with Gasteiger partial charge in [-0.05, 0) is 36.5 Å². The first kappa shape index (κ1) is 31.7. The van der Waals surface area contributed by atoms with Crippen molar-refractivity contribution in [3.05, 3.63) is 24.3 Å². The van der Waals surface area contributed by atoms with Crippen LogP contribution in [-0.4, -0.2) is 104 Å². The first-order chi connectivity index (χ1) is 19.3. The molecule has 1 unspecified atom stereocenters. The molecule has 230 valence electrons. The Labute approximate surface area is 244 Å². The predicted molar refractivity (Wildman–Crippen MR) is 155 cm³/mol. The standard InChI is InChI=1S/C29H47N5O6S/c1-29(2,3)26(28(37)32-18-22(35)15-25(32)27(36)30-4)33-17-20(31-34(33)21-11-8-6-7-9-12-21)19-40-23-13-10-14-24(16-23)41(5,38)39/h10,13-14,16,20-22,25-26,31,35H,6-9,11-12,15,17-19H2,1-5H3,(H,30,36)/t20?,22-,25+,26-/m1/s1. The van der Waals surface area contributed by atoms with Gasteiger partial charge >= 0.3 is 0 Å². The van der Waals surface area contributed by atoms with E-state index < -0.39 is 33.4 Å². The van der Waals surface area contributed by atoms with Gasteiger partial charge in [-0.15, -0.1) is 0 Å². The lowest BCUT2D eigenvalue weighted by Gasteiger charge is -2.45. The quantitative estimate of drug-likeness (QED) is 0.386. The maximum absolute atomic E-state index is 14.3. The van der Waals surface area contributed by atoms with Crippen LogP contribution in [0.2, 0.25) is 0 Å². The van der Waals surface area contributed by atoms with Gasteiger partial charge in [0.1, 0.15) is 24.4 Å². The van der Waals surface area contributed by atoms with Crippen LogP contribution in [0.1, 0.15) is 65.7 Å². The first-order valence-corrected chi connectivity index (χ1v) is 16.6. The van der Waals surface area contributed by atoms with Gasteiger partial charge in [0.2, 0.25) is 11.8 Å². The summed E-state index contributed by atoms with van der Waals surface area (Å²) >= 11 is 0. The lowest BCUT2D eigenvalue weighted by molar-refractivity contribution is -0.162. The molecule has 1 aromatic rings. The van der Waals surface area contributed by atoms with E-state index in [1.807, 2.05) is 20.8 Å². The number of rotatable bonds is 8. The number of hydrogen-bond acceptors (Lipinski definition) is 9. The van der Waals surface area contributed by atoms with Crippen LogP contribution < -0.4 is 15.5 Å². The van der Waals surface area contributed by atoms with E-state index in [0.29, 0.717) is 12.3 Å². The average Bonchev–Trinajstić information content (AvgIpc) is 3.39. The number of carbonyl (C=O) groups excluding carboxylic acids is 2. The molecule has 4 rings (SSSR count). The number of nitrogens with zero attached hydrogens (tertiary/aromatic N) is 3. The molecular formula is C29H47N5O6S. The molecule has 1 aliphatic carbocycles. The Morgan fingerprint density at radius 3 is 2.44 bits per heavy atom. The van der Waals surface area contributed by atoms with Crippen molar-refractivity contribution in [1.29, 1.82) is 0 Å². The van der Waals surface area contributed by atoms with Crippen molar-refractivity contribution in [2.45, 2.75) is 101 Å². The summed E-state index contributed by atoms with van der Waals surface area (Å²) in [6.45, 7) is 6.99. The first-order valence-electron chi connectivity index (χ1n) is 14.7. The summed E-state index contributed by atoms with van der Waals surface area (Å²) < 4.78 is 30.1. The molecule has 3 N–H and O–H groups in total. The fourth-order valence-electron chi connectivity index (χ4n) is 6.32. The zero-order chi connectivity index (χ0) is 29.9. The van der Waals surface area contributed by atoms with Gasteiger partial charge in [0.05, 0.1) is 17.0 Å². The third-order valence-electron chi connectivity index (χ3n) is 8.32. The number of carbonyl (C=O) groups is 2. The number of aliphatic hydroxyl groups is 1. The molecule has 0 radical (unpaired) electrons. The number of likely N-dealkylation sites (N-methyl/N-ethyl adjacent to an activating group) is 1. The van der Waals surface area contributed by atoms with Gasteiger partial charge in [0.25, 0.3) is 0 Å².